The molecule has 20 heavy (non-hydrogen) atoms. The van der Waals surface area contributed by atoms with Crippen molar-refractivity contribution < 1.29 is 14.4 Å². The van der Waals surface area contributed by atoms with Crippen LogP contribution in [0.3, 0.4) is 0 Å². The Labute approximate surface area is 117 Å². The number of likely N-dealkylation sites (tertiary alicyclic amines) is 1. The van der Waals surface area contributed by atoms with Crippen LogP contribution in [0.25, 0.3) is 0 Å². The van der Waals surface area contributed by atoms with Crippen LogP contribution >= 0.6 is 0 Å². The van der Waals surface area contributed by atoms with Crippen molar-refractivity contribution in [2.45, 2.75) is 20.3 Å². The van der Waals surface area contributed by atoms with Crippen LogP contribution < -0.4 is 5.32 Å². The van der Waals surface area contributed by atoms with Gasteiger partial charge in [0.2, 0.25) is 11.8 Å². The molecule has 2 amide bonds. The van der Waals surface area contributed by atoms with Gasteiger partial charge in [-0.25, -0.2) is 0 Å². The standard InChI is InChI=1S/C14H17N3O3/c1-3-17-8-10(6-13(17)19)14(20)16-12-4-5-15-7-11(12)9(2)18/h4-5,7,10H,3,6,8H2,1-2H3,(H,15,16,20)/t10-/m0/s1. The maximum atomic E-state index is 12.2. The van der Waals surface area contributed by atoms with Crippen molar-refractivity contribution in [1.82, 2.24) is 9.88 Å². The summed E-state index contributed by atoms with van der Waals surface area (Å²) in [4.78, 5) is 40.8. The first-order chi connectivity index (χ1) is 9.52. The van der Waals surface area contributed by atoms with Gasteiger partial charge in [0.05, 0.1) is 17.2 Å². The number of nitrogens with one attached hydrogen (secondary N) is 1. The van der Waals surface area contributed by atoms with Crippen LogP contribution in [0, 0.1) is 5.92 Å². The molecule has 0 unspecified atom stereocenters. The molecule has 1 N–H and O–H groups in total. The number of pyridine rings is 1. The number of hydrogen-bond acceptors (Lipinski definition) is 4. The molecule has 0 aromatic carbocycles. The molecule has 1 aliphatic heterocycles. The smallest absolute Gasteiger partial charge is 0.229 e. The largest absolute Gasteiger partial charge is 0.342 e. The van der Waals surface area contributed by atoms with Gasteiger partial charge in [-0.3, -0.25) is 19.4 Å². The van der Waals surface area contributed by atoms with Crippen LogP contribution in [-0.4, -0.2) is 40.6 Å². The fraction of sp³-hybridized carbons (Fsp3) is 0.429. The number of carbonyl (C=O) groups excluding carboxylic acids is 3. The lowest BCUT2D eigenvalue weighted by Crippen LogP contribution is -2.28. The van der Waals surface area contributed by atoms with Crippen molar-refractivity contribution in [3.8, 4) is 0 Å². The fourth-order valence-electron chi connectivity index (χ4n) is 2.27. The summed E-state index contributed by atoms with van der Waals surface area (Å²) in [5.74, 6) is -0.765. The fourth-order valence-corrected chi connectivity index (χ4v) is 2.27. The van der Waals surface area contributed by atoms with Crippen LogP contribution in [0.2, 0.25) is 0 Å². The number of nitrogens with zero attached hydrogens (tertiary/aromatic N) is 2. The molecule has 2 rings (SSSR count). The van der Waals surface area contributed by atoms with Gasteiger partial charge in [-0.2, -0.15) is 0 Å². The lowest BCUT2D eigenvalue weighted by atomic mass is 10.1. The highest BCUT2D eigenvalue weighted by Crippen LogP contribution is 2.21. The molecule has 0 bridgehead atoms. The van der Waals surface area contributed by atoms with Gasteiger partial charge >= 0.3 is 0 Å². The van der Waals surface area contributed by atoms with E-state index in [-0.39, 0.29) is 29.9 Å². The quantitative estimate of drug-likeness (QED) is 0.834. The predicted molar refractivity (Wildman–Crippen MR) is 73.2 cm³/mol. The highest BCUT2D eigenvalue weighted by Gasteiger charge is 2.33. The minimum atomic E-state index is -0.365. The first-order valence-electron chi connectivity index (χ1n) is 6.56. The van der Waals surface area contributed by atoms with E-state index in [1.54, 1.807) is 11.0 Å². The maximum Gasteiger partial charge on any atom is 0.229 e. The summed E-state index contributed by atoms with van der Waals surface area (Å²) in [6.07, 6.45) is 3.16. The number of anilines is 1. The Morgan fingerprint density at radius 2 is 2.25 bits per heavy atom. The molecule has 1 aliphatic rings. The SMILES string of the molecule is CCN1C[C@@H](C(=O)Nc2ccncc2C(C)=O)CC1=O. The summed E-state index contributed by atoms with van der Waals surface area (Å²) in [5, 5.41) is 2.72. The van der Waals surface area contributed by atoms with Gasteiger partial charge in [0.15, 0.2) is 5.78 Å². The normalized spacial score (nSPS) is 18.2. The second-order valence-electron chi connectivity index (χ2n) is 4.80. The minimum Gasteiger partial charge on any atom is -0.342 e. The van der Waals surface area contributed by atoms with Crippen LogP contribution in [-0.2, 0) is 9.59 Å². The van der Waals surface area contributed by atoms with E-state index in [1.165, 1.54) is 19.3 Å². The van der Waals surface area contributed by atoms with Crippen molar-refractivity contribution in [3.05, 3.63) is 24.0 Å². The molecule has 1 atom stereocenters. The molecule has 0 aliphatic carbocycles. The lowest BCUT2D eigenvalue weighted by molar-refractivity contribution is -0.128. The molecule has 0 spiro atoms. The summed E-state index contributed by atoms with van der Waals surface area (Å²) in [6, 6.07) is 1.59. The van der Waals surface area contributed by atoms with Crippen LogP contribution in [0.15, 0.2) is 18.5 Å². The highest BCUT2D eigenvalue weighted by atomic mass is 16.2. The second kappa shape index (κ2) is 5.81. The number of rotatable bonds is 4. The summed E-state index contributed by atoms with van der Waals surface area (Å²) in [6.45, 7) is 4.34. The zero-order valence-electron chi connectivity index (χ0n) is 11.5. The number of aromatic nitrogens is 1. The van der Waals surface area contributed by atoms with Crippen molar-refractivity contribution in [2.24, 2.45) is 5.92 Å². The Morgan fingerprint density at radius 1 is 1.50 bits per heavy atom. The topological polar surface area (TPSA) is 79.4 Å². The summed E-state index contributed by atoms with van der Waals surface area (Å²) >= 11 is 0. The van der Waals surface area contributed by atoms with E-state index in [4.69, 9.17) is 0 Å². The van der Waals surface area contributed by atoms with Gasteiger partial charge in [-0.15, -0.1) is 0 Å². The first kappa shape index (κ1) is 14.2. The Kier molecular flexibility index (Phi) is 4.12. The zero-order chi connectivity index (χ0) is 14.7. The third-order valence-electron chi connectivity index (χ3n) is 3.43. The first-order valence-corrected chi connectivity index (χ1v) is 6.56. The van der Waals surface area contributed by atoms with Crippen molar-refractivity contribution in [1.29, 1.82) is 0 Å². The lowest BCUT2D eigenvalue weighted by Gasteiger charge is -2.14. The van der Waals surface area contributed by atoms with E-state index >= 15 is 0 Å². The van der Waals surface area contributed by atoms with Crippen LogP contribution in [0.5, 0.6) is 0 Å². The van der Waals surface area contributed by atoms with E-state index in [2.05, 4.69) is 10.3 Å². The zero-order valence-corrected chi connectivity index (χ0v) is 11.5. The van der Waals surface area contributed by atoms with Gasteiger partial charge in [-0.05, 0) is 19.9 Å². The molecular weight excluding hydrogens is 258 g/mol. The highest BCUT2D eigenvalue weighted by molar-refractivity contribution is 6.04. The Morgan fingerprint density at radius 3 is 2.85 bits per heavy atom. The molecule has 6 heteroatoms. The number of ketones is 1. The summed E-state index contributed by atoms with van der Waals surface area (Å²) in [7, 11) is 0. The average molecular weight is 275 g/mol. The molecule has 0 radical (unpaired) electrons. The third kappa shape index (κ3) is 2.84. The summed E-state index contributed by atoms with van der Waals surface area (Å²) < 4.78 is 0. The van der Waals surface area contributed by atoms with Crippen molar-refractivity contribution >= 4 is 23.3 Å². The molecule has 6 nitrogen and oxygen atoms in total. The molecule has 2 heterocycles. The number of Topliss-reactive ketones (excluding diaryl/α,β-unsaturated/α-hetero) is 1. The maximum absolute atomic E-state index is 12.2. The molecule has 1 fully saturated rings. The minimum absolute atomic E-state index is 0.00540. The van der Waals surface area contributed by atoms with Gasteiger partial charge in [0.25, 0.3) is 0 Å². The monoisotopic (exact) mass is 275 g/mol. The van der Waals surface area contributed by atoms with Crippen molar-refractivity contribution in [3.63, 3.8) is 0 Å². The molecule has 1 saturated heterocycles. The second-order valence-corrected chi connectivity index (χ2v) is 4.80. The van der Waals surface area contributed by atoms with E-state index < -0.39 is 0 Å². The van der Waals surface area contributed by atoms with Gasteiger partial charge in [0, 0.05) is 31.9 Å². The third-order valence-corrected chi connectivity index (χ3v) is 3.43. The van der Waals surface area contributed by atoms with Gasteiger partial charge in [-0.1, -0.05) is 0 Å². The van der Waals surface area contributed by atoms with Crippen LogP contribution in [0.4, 0.5) is 5.69 Å². The van der Waals surface area contributed by atoms with Crippen LogP contribution in [0.1, 0.15) is 30.6 Å². The number of carbonyl (C=O) groups is 3. The van der Waals surface area contributed by atoms with Crippen molar-refractivity contribution in [2.75, 3.05) is 18.4 Å². The predicted octanol–water partition coefficient (Wildman–Crippen LogP) is 1.09. The van der Waals surface area contributed by atoms with Gasteiger partial charge in [0.1, 0.15) is 0 Å². The van der Waals surface area contributed by atoms with E-state index in [0.29, 0.717) is 24.3 Å². The van der Waals surface area contributed by atoms with E-state index in [1.807, 2.05) is 6.92 Å². The average Bonchev–Trinajstić information content (AvgIpc) is 2.80. The van der Waals surface area contributed by atoms with Gasteiger partial charge < -0.3 is 10.2 Å². The molecule has 1 aromatic rings. The Bertz CT molecular complexity index is 556. The Balaban J connectivity index is 2.10. The number of amides is 2. The molecule has 1 aromatic heterocycles. The summed E-state index contributed by atoms with van der Waals surface area (Å²) in [5.41, 5.74) is 0.817. The molecular formula is C14H17N3O3. The van der Waals surface area contributed by atoms with E-state index in [0.717, 1.165) is 0 Å². The number of hydrogen-bond donors (Lipinski definition) is 1. The molecule has 106 valence electrons. The van der Waals surface area contributed by atoms with E-state index in [9.17, 15) is 14.4 Å². The Hall–Kier alpha value is -2.24. The molecule has 0 saturated carbocycles.